The molecule has 84 valence electrons. The zero-order valence-corrected chi connectivity index (χ0v) is 10.8. The van der Waals surface area contributed by atoms with Crippen molar-refractivity contribution in [3.63, 3.8) is 0 Å². The molecule has 1 aliphatic carbocycles. The van der Waals surface area contributed by atoms with Gasteiger partial charge in [-0.3, -0.25) is 0 Å². The molecule has 0 saturated heterocycles. The highest BCUT2D eigenvalue weighted by Crippen LogP contribution is 2.33. The van der Waals surface area contributed by atoms with Gasteiger partial charge in [0.15, 0.2) is 5.13 Å². The van der Waals surface area contributed by atoms with Crippen LogP contribution >= 0.6 is 22.9 Å². The van der Waals surface area contributed by atoms with Crippen molar-refractivity contribution in [2.24, 2.45) is 5.92 Å². The van der Waals surface area contributed by atoms with Crippen LogP contribution in [0.15, 0.2) is 5.38 Å². The first-order valence-electron chi connectivity index (χ1n) is 5.47. The van der Waals surface area contributed by atoms with E-state index >= 15 is 0 Å². The minimum absolute atomic E-state index is 0.520. The lowest BCUT2D eigenvalue weighted by Crippen LogP contribution is -2.32. The summed E-state index contributed by atoms with van der Waals surface area (Å²) in [6.07, 6.45) is 2.77. The molecule has 15 heavy (non-hydrogen) atoms. The molecule has 1 heterocycles. The van der Waals surface area contributed by atoms with Crippen LogP contribution in [0.2, 0.25) is 0 Å². The van der Waals surface area contributed by atoms with Crippen LogP contribution in [0.1, 0.15) is 32.4 Å². The van der Waals surface area contributed by atoms with Crippen molar-refractivity contribution in [3.8, 4) is 0 Å². The van der Waals surface area contributed by atoms with Gasteiger partial charge in [0.05, 0.1) is 11.6 Å². The Morgan fingerprint density at radius 3 is 2.80 bits per heavy atom. The van der Waals surface area contributed by atoms with Crippen LogP contribution in [0, 0.1) is 5.92 Å². The van der Waals surface area contributed by atoms with Crippen molar-refractivity contribution in [2.45, 2.75) is 38.6 Å². The lowest BCUT2D eigenvalue weighted by molar-refractivity contribution is 0.642. The summed E-state index contributed by atoms with van der Waals surface area (Å²) in [5, 5.41) is 3.19. The molecule has 0 N–H and O–H groups in total. The maximum Gasteiger partial charge on any atom is 0.185 e. The highest BCUT2D eigenvalue weighted by molar-refractivity contribution is 7.13. The van der Waals surface area contributed by atoms with E-state index in [0.717, 1.165) is 23.3 Å². The molecule has 0 bridgehead atoms. The molecule has 0 amide bonds. The Kier molecular flexibility index (Phi) is 3.52. The fourth-order valence-corrected chi connectivity index (χ4v) is 2.77. The highest BCUT2D eigenvalue weighted by Gasteiger charge is 2.26. The largest absolute Gasteiger partial charge is 0.345 e. The van der Waals surface area contributed by atoms with E-state index in [4.69, 9.17) is 11.6 Å². The molecule has 4 heteroatoms. The summed E-state index contributed by atoms with van der Waals surface area (Å²) in [7, 11) is 0. The average molecular weight is 245 g/mol. The maximum atomic E-state index is 5.77. The van der Waals surface area contributed by atoms with Crippen LogP contribution in [0.3, 0.4) is 0 Å². The molecule has 0 radical (unpaired) electrons. The third-order valence-electron chi connectivity index (χ3n) is 2.70. The summed E-state index contributed by atoms with van der Waals surface area (Å²) in [6.45, 7) is 5.61. The van der Waals surface area contributed by atoms with Gasteiger partial charge >= 0.3 is 0 Å². The van der Waals surface area contributed by atoms with Crippen molar-refractivity contribution < 1.29 is 0 Å². The van der Waals surface area contributed by atoms with Gasteiger partial charge in [-0.05, 0) is 32.6 Å². The molecule has 1 saturated carbocycles. The van der Waals surface area contributed by atoms with Gasteiger partial charge in [0, 0.05) is 18.0 Å². The van der Waals surface area contributed by atoms with E-state index in [2.05, 4.69) is 29.1 Å². The first-order chi connectivity index (χ1) is 7.20. The fraction of sp³-hybridized carbons (Fsp3) is 0.727. The van der Waals surface area contributed by atoms with Gasteiger partial charge in [-0.2, -0.15) is 0 Å². The second kappa shape index (κ2) is 4.71. The molecule has 2 nitrogen and oxygen atoms in total. The molecule has 1 aromatic rings. The van der Waals surface area contributed by atoms with Crippen molar-refractivity contribution in [1.29, 1.82) is 0 Å². The number of nitrogens with zero attached hydrogens (tertiary/aromatic N) is 2. The Morgan fingerprint density at radius 2 is 2.33 bits per heavy atom. The van der Waals surface area contributed by atoms with Gasteiger partial charge in [-0.15, -0.1) is 22.9 Å². The smallest absolute Gasteiger partial charge is 0.185 e. The number of hydrogen-bond donors (Lipinski definition) is 0. The van der Waals surface area contributed by atoms with Gasteiger partial charge < -0.3 is 4.90 Å². The van der Waals surface area contributed by atoms with Crippen molar-refractivity contribution in [3.05, 3.63) is 11.1 Å². The molecular weight excluding hydrogens is 228 g/mol. The second-order valence-corrected chi connectivity index (χ2v) is 5.55. The zero-order chi connectivity index (χ0) is 10.8. The average Bonchev–Trinajstić information content (AvgIpc) is 2.91. The normalized spacial score (nSPS) is 16.0. The lowest BCUT2D eigenvalue weighted by Gasteiger charge is -2.26. The summed E-state index contributed by atoms with van der Waals surface area (Å²) in [5.74, 6) is 1.42. The van der Waals surface area contributed by atoms with Crippen LogP contribution in [-0.2, 0) is 5.88 Å². The highest BCUT2D eigenvalue weighted by atomic mass is 35.5. The Hall–Kier alpha value is -0.280. The van der Waals surface area contributed by atoms with Crippen LogP contribution in [-0.4, -0.2) is 17.6 Å². The predicted octanol–water partition coefficient (Wildman–Crippen LogP) is 3.51. The van der Waals surface area contributed by atoms with Crippen LogP contribution < -0.4 is 4.90 Å². The van der Waals surface area contributed by atoms with Gasteiger partial charge in [0.1, 0.15) is 0 Å². The van der Waals surface area contributed by atoms with E-state index in [1.165, 1.54) is 12.8 Å². The summed E-state index contributed by atoms with van der Waals surface area (Å²) < 4.78 is 0. The summed E-state index contributed by atoms with van der Waals surface area (Å²) in [5.41, 5.74) is 0.998. The van der Waals surface area contributed by atoms with E-state index in [9.17, 15) is 0 Å². The third kappa shape index (κ3) is 2.85. The Morgan fingerprint density at radius 1 is 1.60 bits per heavy atom. The molecule has 1 aliphatic rings. The van der Waals surface area contributed by atoms with Crippen molar-refractivity contribution in [1.82, 2.24) is 4.98 Å². The predicted molar refractivity (Wildman–Crippen MR) is 66.9 cm³/mol. The quantitative estimate of drug-likeness (QED) is 0.737. The monoisotopic (exact) mass is 244 g/mol. The lowest BCUT2D eigenvalue weighted by atomic mass is 10.3. The Labute approximate surface area is 100 Å². The summed E-state index contributed by atoms with van der Waals surface area (Å²) in [4.78, 5) is 6.94. The second-order valence-electron chi connectivity index (χ2n) is 4.44. The van der Waals surface area contributed by atoms with Gasteiger partial charge in [-0.1, -0.05) is 0 Å². The van der Waals surface area contributed by atoms with Crippen LogP contribution in [0.25, 0.3) is 0 Å². The zero-order valence-electron chi connectivity index (χ0n) is 9.24. The number of alkyl halides is 1. The van der Waals surface area contributed by atoms with E-state index in [-0.39, 0.29) is 0 Å². The standard InChI is InChI=1S/C11H17ClN2S/c1-8(2)14(6-9-3-4-9)11-13-10(5-12)7-15-11/h7-9H,3-6H2,1-2H3. The van der Waals surface area contributed by atoms with E-state index in [0.29, 0.717) is 11.9 Å². The van der Waals surface area contributed by atoms with Gasteiger partial charge in [0.2, 0.25) is 0 Å². The molecular formula is C11H17ClN2S. The van der Waals surface area contributed by atoms with Crippen LogP contribution in [0.4, 0.5) is 5.13 Å². The van der Waals surface area contributed by atoms with E-state index in [1.807, 2.05) is 0 Å². The molecule has 0 atom stereocenters. The third-order valence-corrected chi connectivity index (χ3v) is 3.90. The SMILES string of the molecule is CC(C)N(CC1CC1)c1nc(CCl)cs1. The topological polar surface area (TPSA) is 16.1 Å². The Bertz CT molecular complexity index is 320. The molecule has 1 fully saturated rings. The van der Waals surface area contributed by atoms with Crippen molar-refractivity contribution in [2.75, 3.05) is 11.4 Å². The molecule has 0 spiro atoms. The number of thiazole rings is 1. The first kappa shape index (κ1) is 11.2. The molecule has 1 aromatic heterocycles. The first-order valence-corrected chi connectivity index (χ1v) is 6.89. The maximum absolute atomic E-state index is 5.77. The molecule has 0 aliphatic heterocycles. The van der Waals surface area contributed by atoms with Crippen molar-refractivity contribution >= 4 is 28.1 Å². The van der Waals surface area contributed by atoms with Gasteiger partial charge in [-0.25, -0.2) is 4.98 Å². The minimum Gasteiger partial charge on any atom is -0.345 e. The number of rotatable bonds is 5. The summed E-state index contributed by atoms with van der Waals surface area (Å²) >= 11 is 7.48. The van der Waals surface area contributed by atoms with E-state index < -0.39 is 0 Å². The molecule has 2 rings (SSSR count). The number of anilines is 1. The van der Waals surface area contributed by atoms with Gasteiger partial charge in [0.25, 0.3) is 0 Å². The fourth-order valence-electron chi connectivity index (χ4n) is 1.58. The molecule has 0 aromatic carbocycles. The Balaban J connectivity index is 2.07. The number of halogens is 1. The number of hydrogen-bond acceptors (Lipinski definition) is 3. The number of aromatic nitrogens is 1. The summed E-state index contributed by atoms with van der Waals surface area (Å²) in [6, 6.07) is 0.528. The van der Waals surface area contributed by atoms with Crippen LogP contribution in [0.5, 0.6) is 0 Å². The minimum atomic E-state index is 0.520. The molecule has 0 unspecified atom stereocenters. The van der Waals surface area contributed by atoms with E-state index in [1.54, 1.807) is 11.3 Å².